The van der Waals surface area contributed by atoms with Crippen molar-refractivity contribution < 1.29 is 4.42 Å². The highest BCUT2D eigenvalue weighted by Crippen LogP contribution is 1.94. The second-order valence-electron chi connectivity index (χ2n) is 2.49. The SMILES string of the molecule is C=CN(C)C=Cc1nn(C)c(=O)o1. The number of nitrogens with zero attached hydrogens (tertiary/aromatic N) is 3. The molecule has 0 unspecified atom stereocenters. The molecular weight excluding hydrogens is 170 g/mol. The largest absolute Gasteiger partial charge is 0.437 e. The molecule has 0 aliphatic rings. The highest BCUT2D eigenvalue weighted by atomic mass is 16.4. The molecule has 1 aromatic rings. The molecule has 0 aliphatic heterocycles. The number of hydrogen-bond donors (Lipinski definition) is 0. The van der Waals surface area contributed by atoms with Gasteiger partial charge in [0.15, 0.2) is 0 Å². The van der Waals surface area contributed by atoms with Gasteiger partial charge in [-0.1, -0.05) is 6.58 Å². The fraction of sp³-hybridized carbons (Fsp3) is 0.250. The first kappa shape index (κ1) is 9.31. The van der Waals surface area contributed by atoms with E-state index in [9.17, 15) is 4.79 Å². The van der Waals surface area contributed by atoms with E-state index in [0.717, 1.165) is 4.68 Å². The van der Waals surface area contributed by atoms with Crippen molar-refractivity contribution in [3.05, 3.63) is 35.4 Å². The second-order valence-corrected chi connectivity index (χ2v) is 2.49. The van der Waals surface area contributed by atoms with Crippen LogP contribution in [0.15, 0.2) is 28.2 Å². The lowest BCUT2D eigenvalue weighted by molar-refractivity contribution is 0.486. The Morgan fingerprint density at radius 1 is 1.69 bits per heavy atom. The van der Waals surface area contributed by atoms with Crippen molar-refractivity contribution in [2.75, 3.05) is 7.05 Å². The van der Waals surface area contributed by atoms with E-state index in [2.05, 4.69) is 11.7 Å². The van der Waals surface area contributed by atoms with Crippen LogP contribution in [0.1, 0.15) is 5.89 Å². The Hall–Kier alpha value is -1.78. The smallest absolute Gasteiger partial charge is 0.388 e. The molecule has 0 bridgehead atoms. The molecular formula is C8H11N3O2. The van der Waals surface area contributed by atoms with Crippen LogP contribution in [0.5, 0.6) is 0 Å². The maximum atomic E-state index is 10.8. The van der Waals surface area contributed by atoms with Crippen molar-refractivity contribution >= 4 is 6.08 Å². The van der Waals surface area contributed by atoms with Crippen LogP contribution in [0.25, 0.3) is 6.08 Å². The van der Waals surface area contributed by atoms with Crippen LogP contribution < -0.4 is 5.76 Å². The first-order valence-corrected chi connectivity index (χ1v) is 3.70. The molecule has 0 aromatic carbocycles. The summed E-state index contributed by atoms with van der Waals surface area (Å²) in [6, 6.07) is 0. The van der Waals surface area contributed by atoms with Crippen LogP contribution in [-0.4, -0.2) is 21.7 Å². The van der Waals surface area contributed by atoms with Gasteiger partial charge in [0.05, 0.1) is 0 Å². The minimum absolute atomic E-state index is 0.279. The Morgan fingerprint density at radius 2 is 2.38 bits per heavy atom. The van der Waals surface area contributed by atoms with Gasteiger partial charge >= 0.3 is 5.76 Å². The predicted molar refractivity (Wildman–Crippen MR) is 48.7 cm³/mol. The molecule has 0 saturated carbocycles. The molecule has 0 atom stereocenters. The summed E-state index contributed by atoms with van der Waals surface area (Å²) in [6.07, 6.45) is 4.90. The number of aromatic nitrogens is 2. The molecule has 5 nitrogen and oxygen atoms in total. The van der Waals surface area contributed by atoms with Crippen LogP contribution in [0.4, 0.5) is 0 Å². The van der Waals surface area contributed by atoms with E-state index < -0.39 is 5.76 Å². The quantitative estimate of drug-likeness (QED) is 0.678. The Kier molecular flexibility index (Phi) is 2.69. The van der Waals surface area contributed by atoms with Gasteiger partial charge in [0.2, 0.25) is 5.89 Å². The van der Waals surface area contributed by atoms with Crippen LogP contribution in [0.2, 0.25) is 0 Å². The molecule has 0 radical (unpaired) electrons. The number of hydrogen-bond acceptors (Lipinski definition) is 4. The second kappa shape index (κ2) is 3.75. The van der Waals surface area contributed by atoms with Crippen molar-refractivity contribution in [1.82, 2.24) is 14.7 Å². The summed E-state index contributed by atoms with van der Waals surface area (Å²) in [5.74, 6) is -0.192. The lowest BCUT2D eigenvalue weighted by Gasteiger charge is -2.02. The van der Waals surface area contributed by atoms with Gasteiger partial charge in [0.1, 0.15) is 0 Å². The van der Waals surface area contributed by atoms with Crippen LogP contribution in [0, 0.1) is 0 Å². The molecule has 0 aliphatic carbocycles. The summed E-state index contributed by atoms with van der Waals surface area (Å²) >= 11 is 0. The van der Waals surface area contributed by atoms with Gasteiger partial charge in [-0.15, -0.1) is 5.10 Å². The Bertz CT molecular complexity index is 375. The minimum atomic E-state index is -0.471. The standard InChI is InChI=1S/C8H11N3O2/c1-4-10(2)6-5-7-9-11(3)8(12)13-7/h4-6H,1H2,2-3H3. The summed E-state index contributed by atoms with van der Waals surface area (Å²) in [7, 11) is 3.34. The maximum absolute atomic E-state index is 10.8. The van der Waals surface area contributed by atoms with Crippen molar-refractivity contribution in [3.8, 4) is 0 Å². The lowest BCUT2D eigenvalue weighted by atomic mass is 10.6. The molecule has 1 aromatic heterocycles. The number of aryl methyl sites for hydroxylation is 1. The lowest BCUT2D eigenvalue weighted by Crippen LogP contribution is -2.09. The monoisotopic (exact) mass is 181 g/mol. The highest BCUT2D eigenvalue weighted by molar-refractivity contribution is 5.36. The van der Waals surface area contributed by atoms with E-state index in [1.807, 2.05) is 7.05 Å². The van der Waals surface area contributed by atoms with Gasteiger partial charge in [-0.3, -0.25) is 0 Å². The zero-order valence-electron chi connectivity index (χ0n) is 7.60. The van der Waals surface area contributed by atoms with Gasteiger partial charge in [-0.2, -0.15) is 4.68 Å². The Morgan fingerprint density at radius 3 is 2.85 bits per heavy atom. The zero-order valence-corrected chi connectivity index (χ0v) is 7.60. The molecule has 0 fully saturated rings. The summed E-state index contributed by atoms with van der Waals surface area (Å²) < 4.78 is 5.89. The van der Waals surface area contributed by atoms with Gasteiger partial charge in [0, 0.05) is 26.4 Å². The first-order valence-electron chi connectivity index (χ1n) is 3.70. The molecule has 70 valence electrons. The predicted octanol–water partition coefficient (Wildman–Crippen LogP) is 0.419. The highest BCUT2D eigenvalue weighted by Gasteiger charge is 1.99. The van der Waals surface area contributed by atoms with Crippen molar-refractivity contribution in [2.45, 2.75) is 0 Å². The van der Waals surface area contributed by atoms with Gasteiger partial charge in [0.25, 0.3) is 0 Å². The van der Waals surface area contributed by atoms with Crippen LogP contribution >= 0.6 is 0 Å². The summed E-state index contributed by atoms with van der Waals surface area (Å²) in [5.41, 5.74) is 0. The maximum Gasteiger partial charge on any atom is 0.437 e. The third-order valence-corrected chi connectivity index (χ3v) is 1.44. The molecule has 0 N–H and O–H groups in total. The average Bonchev–Trinajstić information content (AvgIpc) is 2.42. The van der Waals surface area contributed by atoms with Crippen LogP contribution in [0.3, 0.4) is 0 Å². The van der Waals surface area contributed by atoms with E-state index in [0.29, 0.717) is 0 Å². The molecule has 0 amide bonds. The number of rotatable bonds is 3. The molecule has 5 heteroatoms. The Balaban J connectivity index is 2.80. The molecule has 0 spiro atoms. The minimum Gasteiger partial charge on any atom is -0.388 e. The average molecular weight is 181 g/mol. The van der Waals surface area contributed by atoms with Crippen molar-refractivity contribution in [2.24, 2.45) is 7.05 Å². The van der Waals surface area contributed by atoms with Crippen LogP contribution in [-0.2, 0) is 7.05 Å². The molecule has 1 rings (SSSR count). The summed E-state index contributed by atoms with van der Waals surface area (Å²) in [5, 5.41) is 3.81. The normalized spacial score (nSPS) is 10.6. The van der Waals surface area contributed by atoms with E-state index in [-0.39, 0.29) is 5.89 Å². The van der Waals surface area contributed by atoms with Crippen molar-refractivity contribution in [1.29, 1.82) is 0 Å². The first-order chi connectivity index (χ1) is 6.13. The van der Waals surface area contributed by atoms with E-state index in [1.54, 1.807) is 23.4 Å². The Labute approximate surface area is 75.6 Å². The van der Waals surface area contributed by atoms with E-state index in [4.69, 9.17) is 4.42 Å². The topological polar surface area (TPSA) is 51.3 Å². The van der Waals surface area contributed by atoms with Gasteiger partial charge < -0.3 is 9.32 Å². The van der Waals surface area contributed by atoms with E-state index in [1.165, 1.54) is 7.05 Å². The fourth-order valence-corrected chi connectivity index (χ4v) is 0.674. The third-order valence-electron chi connectivity index (χ3n) is 1.44. The molecule has 13 heavy (non-hydrogen) atoms. The van der Waals surface area contributed by atoms with Gasteiger partial charge in [-0.05, 0) is 6.20 Å². The van der Waals surface area contributed by atoms with Gasteiger partial charge in [-0.25, -0.2) is 4.79 Å². The molecule has 0 saturated heterocycles. The molecule has 1 heterocycles. The van der Waals surface area contributed by atoms with Crippen molar-refractivity contribution in [3.63, 3.8) is 0 Å². The van der Waals surface area contributed by atoms with E-state index >= 15 is 0 Å². The zero-order chi connectivity index (χ0) is 9.84. The fourth-order valence-electron chi connectivity index (χ4n) is 0.674. The third kappa shape index (κ3) is 2.33. The summed E-state index contributed by atoms with van der Waals surface area (Å²) in [6.45, 7) is 3.55. The summed E-state index contributed by atoms with van der Waals surface area (Å²) in [4.78, 5) is 12.5.